The highest BCUT2D eigenvalue weighted by atomic mass is 35.5. The van der Waals surface area contributed by atoms with Gasteiger partial charge in [-0.15, -0.1) is 0 Å². The van der Waals surface area contributed by atoms with E-state index in [9.17, 15) is 8.78 Å². The summed E-state index contributed by atoms with van der Waals surface area (Å²) in [5, 5.41) is 3.98. The molecule has 1 N–H and O–H groups in total. The van der Waals surface area contributed by atoms with Gasteiger partial charge in [-0.25, -0.2) is 0 Å². The highest BCUT2D eigenvalue weighted by molar-refractivity contribution is 6.30. The van der Waals surface area contributed by atoms with Gasteiger partial charge in [-0.1, -0.05) is 31.9 Å². The average molecular weight is 318 g/mol. The van der Waals surface area contributed by atoms with Crippen molar-refractivity contribution in [2.24, 2.45) is 5.41 Å². The van der Waals surface area contributed by atoms with E-state index in [4.69, 9.17) is 11.6 Å². The Bertz CT molecular complexity index is 479. The molecule has 1 fully saturated rings. The Morgan fingerprint density at radius 3 is 2.86 bits per heavy atom. The van der Waals surface area contributed by atoms with Crippen LogP contribution in [0.3, 0.4) is 0 Å². The lowest BCUT2D eigenvalue weighted by Gasteiger charge is -2.35. The number of alkyl halides is 2. The van der Waals surface area contributed by atoms with Gasteiger partial charge < -0.3 is 10.1 Å². The Kier molecular flexibility index (Phi) is 5.44. The third-order valence-corrected chi connectivity index (χ3v) is 4.26. The zero-order valence-corrected chi connectivity index (χ0v) is 13.2. The maximum atomic E-state index is 12.4. The molecule has 1 atom stereocenters. The lowest BCUT2D eigenvalue weighted by atomic mass is 9.75. The van der Waals surface area contributed by atoms with Gasteiger partial charge in [-0.2, -0.15) is 8.78 Å². The third kappa shape index (κ3) is 5.11. The van der Waals surface area contributed by atoms with Gasteiger partial charge in [-0.05, 0) is 42.9 Å². The molecule has 1 aromatic carbocycles. The molecular weight excluding hydrogens is 296 g/mol. The summed E-state index contributed by atoms with van der Waals surface area (Å²) in [5.41, 5.74) is 1.01. The summed E-state index contributed by atoms with van der Waals surface area (Å²) in [6.07, 6.45) is 4.65. The Hall–Kier alpha value is -0.870. The number of benzene rings is 1. The first kappa shape index (κ1) is 16.5. The summed E-state index contributed by atoms with van der Waals surface area (Å²) in [7, 11) is 0. The molecule has 0 aromatic heterocycles. The van der Waals surface area contributed by atoms with Crippen LogP contribution >= 0.6 is 11.6 Å². The molecule has 0 radical (unpaired) electrons. The molecule has 0 saturated heterocycles. The van der Waals surface area contributed by atoms with Gasteiger partial charge >= 0.3 is 6.61 Å². The second kappa shape index (κ2) is 6.93. The summed E-state index contributed by atoms with van der Waals surface area (Å²) < 4.78 is 29.4. The maximum absolute atomic E-state index is 12.4. The van der Waals surface area contributed by atoms with Gasteiger partial charge in [0.15, 0.2) is 0 Å². The predicted octanol–water partition coefficient (Wildman–Crippen LogP) is 5.00. The van der Waals surface area contributed by atoms with Gasteiger partial charge in [0.2, 0.25) is 0 Å². The van der Waals surface area contributed by atoms with Crippen LogP contribution in [0.4, 0.5) is 8.78 Å². The minimum atomic E-state index is -2.82. The first-order valence-electron chi connectivity index (χ1n) is 7.32. The van der Waals surface area contributed by atoms with E-state index < -0.39 is 6.61 Å². The molecule has 0 amide bonds. The van der Waals surface area contributed by atoms with Gasteiger partial charge in [0, 0.05) is 23.2 Å². The molecule has 1 unspecified atom stereocenters. The van der Waals surface area contributed by atoms with Gasteiger partial charge in [0.1, 0.15) is 5.75 Å². The van der Waals surface area contributed by atoms with E-state index in [1.54, 1.807) is 12.1 Å². The molecule has 0 aliphatic heterocycles. The lowest BCUT2D eigenvalue weighted by Crippen LogP contribution is -2.36. The lowest BCUT2D eigenvalue weighted by molar-refractivity contribution is -0.0505. The largest absolute Gasteiger partial charge is 0.434 e. The van der Waals surface area contributed by atoms with Crippen molar-refractivity contribution in [3.63, 3.8) is 0 Å². The Labute approximate surface area is 129 Å². The molecule has 2 rings (SSSR count). The topological polar surface area (TPSA) is 21.3 Å². The molecule has 0 bridgehead atoms. The Morgan fingerprint density at radius 1 is 1.43 bits per heavy atom. The quantitative estimate of drug-likeness (QED) is 0.825. The number of halogens is 3. The number of nitrogens with one attached hydrogen (secondary N) is 1. The fourth-order valence-corrected chi connectivity index (χ4v) is 3.22. The van der Waals surface area contributed by atoms with E-state index in [2.05, 4.69) is 23.9 Å². The normalized spacial score (nSPS) is 21.5. The van der Waals surface area contributed by atoms with E-state index >= 15 is 0 Å². The van der Waals surface area contributed by atoms with Crippen molar-refractivity contribution in [2.45, 2.75) is 58.7 Å². The minimum absolute atomic E-state index is 0.192. The summed E-state index contributed by atoms with van der Waals surface area (Å²) in [6, 6.07) is 5.15. The Balaban J connectivity index is 2.00. The molecule has 0 spiro atoms. The highest BCUT2D eigenvalue weighted by Gasteiger charge is 2.27. The second-order valence-corrected chi connectivity index (χ2v) is 6.91. The fraction of sp³-hybridized carbons (Fsp3) is 0.625. The summed E-state index contributed by atoms with van der Waals surface area (Å²) >= 11 is 5.95. The SMILES string of the molecule is CC1(C)CCCC(NCc2cc(Cl)ccc2OC(F)F)C1. The van der Waals surface area contributed by atoms with Crippen LogP contribution in [-0.2, 0) is 6.54 Å². The molecule has 1 aliphatic rings. The van der Waals surface area contributed by atoms with E-state index in [1.807, 2.05) is 0 Å². The zero-order valence-electron chi connectivity index (χ0n) is 12.5. The van der Waals surface area contributed by atoms with Crippen LogP contribution in [0, 0.1) is 5.41 Å². The van der Waals surface area contributed by atoms with Crippen LogP contribution in [0.5, 0.6) is 5.75 Å². The molecule has 2 nitrogen and oxygen atoms in total. The molecular formula is C16H22ClF2NO. The fourth-order valence-electron chi connectivity index (χ4n) is 3.02. The molecule has 0 heterocycles. The van der Waals surface area contributed by atoms with Crippen molar-refractivity contribution >= 4 is 11.6 Å². The standard InChI is InChI=1S/C16H22ClF2NO/c1-16(2)7-3-4-13(9-16)20-10-11-8-12(17)5-6-14(11)21-15(18)19/h5-6,8,13,15,20H,3-4,7,9-10H2,1-2H3. The summed E-state index contributed by atoms with van der Waals surface area (Å²) in [4.78, 5) is 0. The smallest absolute Gasteiger partial charge is 0.387 e. The van der Waals surface area contributed by atoms with E-state index in [0.29, 0.717) is 28.6 Å². The van der Waals surface area contributed by atoms with E-state index in [1.165, 1.54) is 18.9 Å². The van der Waals surface area contributed by atoms with Crippen LogP contribution in [0.25, 0.3) is 0 Å². The molecule has 5 heteroatoms. The van der Waals surface area contributed by atoms with Crippen LogP contribution in [0.1, 0.15) is 45.1 Å². The number of ether oxygens (including phenoxy) is 1. The predicted molar refractivity (Wildman–Crippen MR) is 81.0 cm³/mol. The number of rotatable bonds is 5. The zero-order chi connectivity index (χ0) is 15.5. The summed E-state index contributed by atoms with van der Waals surface area (Å²) in [6.45, 7) is 2.21. The van der Waals surface area contributed by atoms with Crippen molar-refractivity contribution in [2.75, 3.05) is 0 Å². The van der Waals surface area contributed by atoms with Crippen molar-refractivity contribution in [3.05, 3.63) is 28.8 Å². The summed E-state index contributed by atoms with van der Waals surface area (Å²) in [5.74, 6) is 0.192. The first-order valence-corrected chi connectivity index (χ1v) is 7.70. The maximum Gasteiger partial charge on any atom is 0.387 e. The van der Waals surface area contributed by atoms with Crippen molar-refractivity contribution in [1.82, 2.24) is 5.32 Å². The van der Waals surface area contributed by atoms with Crippen LogP contribution < -0.4 is 10.1 Å². The molecule has 1 aliphatic carbocycles. The van der Waals surface area contributed by atoms with Gasteiger partial charge in [0.05, 0.1) is 0 Å². The van der Waals surface area contributed by atoms with Crippen molar-refractivity contribution < 1.29 is 13.5 Å². The van der Waals surface area contributed by atoms with Crippen molar-refractivity contribution in [3.8, 4) is 5.75 Å². The van der Waals surface area contributed by atoms with E-state index in [-0.39, 0.29) is 5.75 Å². The first-order chi connectivity index (χ1) is 9.85. The van der Waals surface area contributed by atoms with E-state index in [0.717, 1.165) is 12.8 Å². The highest BCUT2D eigenvalue weighted by Crippen LogP contribution is 2.35. The minimum Gasteiger partial charge on any atom is -0.434 e. The average Bonchev–Trinajstić information content (AvgIpc) is 2.37. The third-order valence-electron chi connectivity index (χ3n) is 4.02. The monoisotopic (exact) mass is 317 g/mol. The molecule has 1 saturated carbocycles. The molecule has 1 aromatic rings. The number of hydrogen-bond donors (Lipinski definition) is 1. The molecule has 118 valence electrons. The van der Waals surface area contributed by atoms with Crippen molar-refractivity contribution in [1.29, 1.82) is 0 Å². The van der Waals surface area contributed by atoms with Crippen LogP contribution in [0.15, 0.2) is 18.2 Å². The second-order valence-electron chi connectivity index (χ2n) is 6.47. The van der Waals surface area contributed by atoms with Gasteiger partial charge in [-0.3, -0.25) is 0 Å². The van der Waals surface area contributed by atoms with Crippen LogP contribution in [0.2, 0.25) is 5.02 Å². The molecule has 21 heavy (non-hydrogen) atoms. The Morgan fingerprint density at radius 2 is 2.19 bits per heavy atom. The van der Waals surface area contributed by atoms with Crippen LogP contribution in [-0.4, -0.2) is 12.7 Å². The number of hydrogen-bond acceptors (Lipinski definition) is 2. The van der Waals surface area contributed by atoms with Gasteiger partial charge in [0.25, 0.3) is 0 Å².